The van der Waals surface area contributed by atoms with Crippen LogP contribution in [0.15, 0.2) is 47.4 Å². The lowest BCUT2D eigenvalue weighted by atomic mass is 10.3. The van der Waals surface area contributed by atoms with Crippen molar-refractivity contribution in [3.8, 4) is 0 Å². The van der Waals surface area contributed by atoms with Crippen molar-refractivity contribution in [2.24, 2.45) is 0 Å². The van der Waals surface area contributed by atoms with Crippen LogP contribution in [0.1, 0.15) is 0 Å². The molecule has 0 bridgehead atoms. The minimum atomic E-state index is -3.75. The van der Waals surface area contributed by atoms with Gasteiger partial charge in [-0.15, -0.1) is 0 Å². The monoisotopic (exact) mass is 316 g/mol. The number of nitrogens with two attached hydrogens (primary N) is 1. The van der Waals surface area contributed by atoms with Crippen LogP contribution in [0.25, 0.3) is 0 Å². The second kappa shape index (κ2) is 5.28. The van der Waals surface area contributed by atoms with Gasteiger partial charge in [-0.25, -0.2) is 8.42 Å². The summed E-state index contributed by atoms with van der Waals surface area (Å²) in [7, 11) is -3.75. The molecule has 0 saturated carbocycles. The van der Waals surface area contributed by atoms with Gasteiger partial charge in [-0.1, -0.05) is 29.3 Å². The van der Waals surface area contributed by atoms with Gasteiger partial charge < -0.3 is 5.73 Å². The van der Waals surface area contributed by atoms with E-state index >= 15 is 0 Å². The van der Waals surface area contributed by atoms with Crippen LogP contribution in [-0.4, -0.2) is 8.42 Å². The fourth-order valence-electron chi connectivity index (χ4n) is 1.46. The third kappa shape index (κ3) is 3.12. The molecule has 0 fully saturated rings. The summed E-state index contributed by atoms with van der Waals surface area (Å²) in [6, 6.07) is 10.5. The standard InChI is InChI=1S/C12H10Cl2N2O2S/c13-8-4-6-9(7-5-8)19(17,18)16-12-10(14)2-1-3-11(12)15/h1-7,16H,15H2. The Bertz CT molecular complexity index is 680. The molecule has 100 valence electrons. The number of benzene rings is 2. The summed E-state index contributed by atoms with van der Waals surface area (Å²) in [5, 5.41) is 0.689. The van der Waals surface area contributed by atoms with E-state index in [-0.39, 0.29) is 21.3 Å². The molecule has 0 heterocycles. The highest BCUT2D eigenvalue weighted by molar-refractivity contribution is 7.92. The molecule has 4 nitrogen and oxygen atoms in total. The third-order valence-corrected chi connectivity index (χ3v) is 4.34. The Balaban J connectivity index is 2.39. The van der Waals surface area contributed by atoms with E-state index in [2.05, 4.69) is 4.72 Å². The Hall–Kier alpha value is -1.43. The molecule has 0 spiro atoms. The van der Waals surface area contributed by atoms with Crippen LogP contribution in [0.5, 0.6) is 0 Å². The van der Waals surface area contributed by atoms with Crippen molar-refractivity contribution in [3.05, 3.63) is 52.5 Å². The van der Waals surface area contributed by atoms with E-state index in [4.69, 9.17) is 28.9 Å². The zero-order chi connectivity index (χ0) is 14.0. The molecular weight excluding hydrogens is 307 g/mol. The third-order valence-electron chi connectivity index (χ3n) is 2.41. The molecule has 0 atom stereocenters. The number of hydrogen-bond acceptors (Lipinski definition) is 3. The van der Waals surface area contributed by atoms with E-state index < -0.39 is 10.0 Å². The van der Waals surface area contributed by atoms with Crippen molar-refractivity contribution < 1.29 is 8.42 Å². The first-order chi connectivity index (χ1) is 8.90. The van der Waals surface area contributed by atoms with Gasteiger partial charge in [0.2, 0.25) is 0 Å². The van der Waals surface area contributed by atoms with Crippen LogP contribution in [0, 0.1) is 0 Å². The van der Waals surface area contributed by atoms with Gasteiger partial charge in [0.05, 0.1) is 21.3 Å². The highest BCUT2D eigenvalue weighted by Crippen LogP contribution is 2.30. The number of halogens is 2. The second-order valence-corrected chi connectivity index (χ2v) is 6.29. The number of anilines is 2. The smallest absolute Gasteiger partial charge is 0.262 e. The minimum Gasteiger partial charge on any atom is -0.397 e. The first kappa shape index (κ1) is 14.0. The van der Waals surface area contributed by atoms with Crippen molar-refractivity contribution in [3.63, 3.8) is 0 Å². The average Bonchev–Trinajstić information content (AvgIpc) is 2.35. The molecule has 2 rings (SSSR count). The van der Waals surface area contributed by atoms with Gasteiger partial charge >= 0.3 is 0 Å². The molecule has 19 heavy (non-hydrogen) atoms. The molecule has 0 unspecified atom stereocenters. The van der Waals surface area contributed by atoms with E-state index in [9.17, 15) is 8.42 Å². The van der Waals surface area contributed by atoms with E-state index in [0.717, 1.165) is 0 Å². The molecule has 7 heteroatoms. The van der Waals surface area contributed by atoms with Crippen LogP contribution in [0.4, 0.5) is 11.4 Å². The molecule has 2 aromatic carbocycles. The van der Waals surface area contributed by atoms with Crippen LogP contribution in [-0.2, 0) is 10.0 Å². The van der Waals surface area contributed by atoms with Gasteiger partial charge in [-0.3, -0.25) is 4.72 Å². The Kier molecular flexibility index (Phi) is 3.89. The van der Waals surface area contributed by atoms with Gasteiger partial charge in [0.15, 0.2) is 0 Å². The van der Waals surface area contributed by atoms with Gasteiger partial charge in [0.25, 0.3) is 10.0 Å². The molecule has 0 amide bonds. The maximum Gasteiger partial charge on any atom is 0.262 e. The molecule has 3 N–H and O–H groups in total. The summed E-state index contributed by atoms with van der Waals surface area (Å²) < 4.78 is 26.7. The van der Waals surface area contributed by atoms with Crippen molar-refractivity contribution >= 4 is 44.6 Å². The normalized spacial score (nSPS) is 11.3. The summed E-state index contributed by atoms with van der Waals surface area (Å²) in [5.74, 6) is 0. The number of nitrogen functional groups attached to an aromatic ring is 1. The lowest BCUT2D eigenvalue weighted by molar-refractivity contribution is 0.601. The summed E-state index contributed by atoms with van der Waals surface area (Å²) in [6.45, 7) is 0. The maximum atomic E-state index is 12.1. The zero-order valence-electron chi connectivity index (χ0n) is 9.60. The topological polar surface area (TPSA) is 72.2 Å². The van der Waals surface area contributed by atoms with Crippen molar-refractivity contribution in [1.29, 1.82) is 0 Å². The van der Waals surface area contributed by atoms with Gasteiger partial charge in [0.1, 0.15) is 0 Å². The van der Waals surface area contributed by atoms with Crippen LogP contribution in [0.2, 0.25) is 10.0 Å². The molecule has 0 aliphatic carbocycles. The number of hydrogen-bond donors (Lipinski definition) is 2. The first-order valence-electron chi connectivity index (χ1n) is 5.22. The van der Waals surface area contributed by atoms with Crippen molar-refractivity contribution in [1.82, 2.24) is 0 Å². The Morgan fingerprint density at radius 1 is 1.00 bits per heavy atom. The molecule has 2 aromatic rings. The van der Waals surface area contributed by atoms with Crippen molar-refractivity contribution in [2.45, 2.75) is 4.90 Å². The average molecular weight is 317 g/mol. The summed E-state index contributed by atoms with van der Waals surface area (Å²) in [5.41, 5.74) is 6.12. The number of nitrogens with one attached hydrogen (secondary N) is 1. The number of para-hydroxylation sites is 1. The van der Waals surface area contributed by atoms with Crippen LogP contribution >= 0.6 is 23.2 Å². The van der Waals surface area contributed by atoms with E-state index in [1.807, 2.05) is 0 Å². The zero-order valence-corrected chi connectivity index (χ0v) is 11.9. The maximum absolute atomic E-state index is 12.1. The van der Waals surface area contributed by atoms with Crippen LogP contribution in [0.3, 0.4) is 0 Å². The predicted molar refractivity (Wildman–Crippen MR) is 78.1 cm³/mol. The summed E-state index contributed by atoms with van der Waals surface area (Å²) in [4.78, 5) is 0.0798. The lowest BCUT2D eigenvalue weighted by Gasteiger charge is -2.11. The molecule has 0 saturated heterocycles. The second-order valence-electron chi connectivity index (χ2n) is 3.76. The molecule has 0 aliphatic heterocycles. The van der Waals surface area contributed by atoms with Crippen molar-refractivity contribution in [2.75, 3.05) is 10.5 Å². The first-order valence-corrected chi connectivity index (χ1v) is 7.46. The molecule has 0 aliphatic rings. The summed E-state index contributed by atoms with van der Waals surface area (Å²) in [6.07, 6.45) is 0. The van der Waals surface area contributed by atoms with Crippen LogP contribution < -0.4 is 10.5 Å². The Labute approximate surface area is 121 Å². The highest BCUT2D eigenvalue weighted by Gasteiger charge is 2.17. The Morgan fingerprint density at radius 3 is 2.21 bits per heavy atom. The number of sulfonamides is 1. The number of rotatable bonds is 3. The SMILES string of the molecule is Nc1cccc(Cl)c1NS(=O)(=O)c1ccc(Cl)cc1. The predicted octanol–water partition coefficient (Wildman–Crippen LogP) is 3.38. The minimum absolute atomic E-state index is 0.0798. The molecule has 0 aromatic heterocycles. The lowest BCUT2D eigenvalue weighted by Crippen LogP contribution is -2.14. The van der Waals surface area contributed by atoms with Gasteiger partial charge in [-0.2, -0.15) is 0 Å². The van der Waals surface area contributed by atoms with Gasteiger partial charge in [-0.05, 0) is 36.4 Å². The fourth-order valence-corrected chi connectivity index (χ4v) is 2.98. The van der Waals surface area contributed by atoms with E-state index in [0.29, 0.717) is 5.02 Å². The summed E-state index contributed by atoms with van der Waals surface area (Å²) >= 11 is 11.6. The highest BCUT2D eigenvalue weighted by atomic mass is 35.5. The fraction of sp³-hybridized carbons (Fsp3) is 0. The van der Waals surface area contributed by atoms with E-state index in [1.165, 1.54) is 24.3 Å². The quantitative estimate of drug-likeness (QED) is 0.853. The van der Waals surface area contributed by atoms with Gasteiger partial charge in [0, 0.05) is 5.02 Å². The molecular formula is C12H10Cl2N2O2S. The largest absolute Gasteiger partial charge is 0.397 e. The molecule has 0 radical (unpaired) electrons. The van der Waals surface area contributed by atoms with E-state index in [1.54, 1.807) is 18.2 Å². The Morgan fingerprint density at radius 2 is 1.63 bits per heavy atom.